The Morgan fingerprint density at radius 1 is 1.12 bits per heavy atom. The number of aliphatic hydroxyl groups is 1. The van der Waals surface area contributed by atoms with E-state index in [2.05, 4.69) is 13.2 Å². The molecule has 3 aliphatic heterocycles. The second kappa shape index (κ2) is 12.3. The molecule has 2 unspecified atom stereocenters. The Bertz CT molecular complexity index is 1210. The number of likely N-dealkylation sites (tertiary alicyclic amines) is 1. The molecule has 6 atom stereocenters. The van der Waals surface area contributed by atoms with E-state index in [9.17, 15) is 19.5 Å². The second-order valence-electron chi connectivity index (χ2n) is 12.6. The van der Waals surface area contributed by atoms with Gasteiger partial charge in [-0.05, 0) is 56.6 Å². The van der Waals surface area contributed by atoms with Gasteiger partial charge in [0, 0.05) is 25.3 Å². The monoisotopic (exact) mass is 579 g/mol. The average Bonchev–Trinajstić information content (AvgIpc) is 3.56. The van der Waals surface area contributed by atoms with Crippen molar-refractivity contribution < 1.29 is 24.2 Å². The Hall–Kier alpha value is -2.97. The molecule has 1 spiro atoms. The van der Waals surface area contributed by atoms with Gasteiger partial charge in [0.15, 0.2) is 0 Å². The highest BCUT2D eigenvalue weighted by Gasteiger charge is 2.79. The molecule has 3 heterocycles. The molecule has 42 heavy (non-hydrogen) atoms. The van der Waals surface area contributed by atoms with Crippen molar-refractivity contribution in [3.63, 3.8) is 0 Å². The number of aliphatic hydroxyl groups excluding tert-OH is 1. The lowest BCUT2D eigenvalue weighted by molar-refractivity contribution is -0.154. The van der Waals surface area contributed by atoms with Crippen LogP contribution in [0.4, 0.5) is 5.69 Å². The normalized spacial score (nSPS) is 28.6. The molecule has 230 valence electrons. The number of amides is 3. The molecule has 1 N–H and O–H groups in total. The molecule has 8 nitrogen and oxygen atoms in total. The van der Waals surface area contributed by atoms with Crippen LogP contribution >= 0.6 is 0 Å². The van der Waals surface area contributed by atoms with Crippen molar-refractivity contribution in [1.29, 1.82) is 0 Å². The lowest BCUT2D eigenvalue weighted by atomic mass is 9.64. The number of nitrogens with zero attached hydrogens (tertiary/aromatic N) is 3. The molecule has 3 amide bonds. The van der Waals surface area contributed by atoms with Crippen LogP contribution in [0, 0.1) is 31.6 Å². The molecule has 0 saturated carbocycles. The third-order valence-corrected chi connectivity index (χ3v) is 9.87. The fourth-order valence-electron chi connectivity index (χ4n) is 8.00. The number of carbonyl (C=O) groups is 3. The highest BCUT2D eigenvalue weighted by Crippen LogP contribution is 2.65. The zero-order valence-corrected chi connectivity index (χ0v) is 26.3. The van der Waals surface area contributed by atoms with Gasteiger partial charge in [-0.15, -0.1) is 13.2 Å². The summed E-state index contributed by atoms with van der Waals surface area (Å²) in [5.41, 5.74) is 0.655. The van der Waals surface area contributed by atoms with Gasteiger partial charge in [-0.25, -0.2) is 0 Å². The topological polar surface area (TPSA) is 90.4 Å². The highest BCUT2D eigenvalue weighted by atomic mass is 16.5. The summed E-state index contributed by atoms with van der Waals surface area (Å²) < 4.78 is 7.00. The Morgan fingerprint density at radius 2 is 1.76 bits per heavy atom. The van der Waals surface area contributed by atoms with Crippen LogP contribution in [0.25, 0.3) is 0 Å². The molecule has 3 fully saturated rings. The Morgan fingerprint density at radius 3 is 2.29 bits per heavy atom. The van der Waals surface area contributed by atoms with E-state index in [0.717, 1.165) is 23.2 Å². The molecular formula is C34H49N3O5. The molecule has 1 aromatic carbocycles. The van der Waals surface area contributed by atoms with Crippen molar-refractivity contribution in [2.24, 2.45) is 17.8 Å². The average molecular weight is 580 g/mol. The first kappa shape index (κ1) is 32.0. The van der Waals surface area contributed by atoms with Gasteiger partial charge in [0.1, 0.15) is 11.6 Å². The SMILES string of the molecule is C=CCN(CCC)C(=O)[C@H]1[C@H]2C(=O)N([C@@H](CO)C(C)C)C(C(=O)N(CC=C)c3c(C)cccc3C)C23CC[C@]1(CC)O3. The van der Waals surface area contributed by atoms with Crippen molar-refractivity contribution in [2.45, 2.75) is 90.5 Å². The number of anilines is 1. The number of carbonyl (C=O) groups excluding carboxylic acids is 3. The number of rotatable bonds is 13. The molecule has 0 aliphatic carbocycles. The summed E-state index contributed by atoms with van der Waals surface area (Å²) in [5, 5.41) is 10.6. The van der Waals surface area contributed by atoms with E-state index in [1.165, 1.54) is 0 Å². The van der Waals surface area contributed by atoms with Crippen molar-refractivity contribution in [1.82, 2.24) is 9.80 Å². The van der Waals surface area contributed by atoms with Gasteiger partial charge in [0.05, 0.1) is 30.1 Å². The van der Waals surface area contributed by atoms with Crippen LogP contribution in [0.3, 0.4) is 0 Å². The molecule has 2 bridgehead atoms. The number of benzene rings is 1. The summed E-state index contributed by atoms with van der Waals surface area (Å²) in [5.74, 6) is -2.30. The van der Waals surface area contributed by atoms with Crippen molar-refractivity contribution in [2.75, 3.05) is 31.1 Å². The maximum absolute atomic E-state index is 15.0. The fourth-order valence-corrected chi connectivity index (χ4v) is 8.00. The van der Waals surface area contributed by atoms with Crippen molar-refractivity contribution in [3.05, 3.63) is 54.6 Å². The minimum absolute atomic E-state index is 0.116. The first-order valence-electron chi connectivity index (χ1n) is 15.5. The van der Waals surface area contributed by atoms with Crippen LogP contribution in [0.2, 0.25) is 0 Å². The van der Waals surface area contributed by atoms with Gasteiger partial charge in [-0.3, -0.25) is 14.4 Å². The Labute approximate surface area is 251 Å². The van der Waals surface area contributed by atoms with E-state index in [1.807, 2.05) is 59.7 Å². The molecular weight excluding hydrogens is 530 g/mol. The molecule has 3 saturated heterocycles. The van der Waals surface area contributed by atoms with Crippen LogP contribution < -0.4 is 4.90 Å². The highest BCUT2D eigenvalue weighted by molar-refractivity contribution is 6.06. The summed E-state index contributed by atoms with van der Waals surface area (Å²) >= 11 is 0. The number of aryl methyl sites for hydroxylation is 2. The number of hydrogen-bond donors (Lipinski definition) is 1. The van der Waals surface area contributed by atoms with E-state index in [1.54, 1.807) is 26.9 Å². The fraction of sp³-hybridized carbons (Fsp3) is 0.618. The smallest absolute Gasteiger partial charge is 0.253 e. The van der Waals surface area contributed by atoms with Gasteiger partial charge < -0.3 is 24.5 Å². The first-order valence-corrected chi connectivity index (χ1v) is 15.5. The predicted octanol–water partition coefficient (Wildman–Crippen LogP) is 4.42. The quantitative estimate of drug-likeness (QED) is 0.350. The number of para-hydroxylation sites is 1. The minimum Gasteiger partial charge on any atom is -0.394 e. The van der Waals surface area contributed by atoms with E-state index in [0.29, 0.717) is 32.4 Å². The van der Waals surface area contributed by atoms with Crippen molar-refractivity contribution in [3.8, 4) is 0 Å². The third-order valence-electron chi connectivity index (χ3n) is 9.87. The summed E-state index contributed by atoms with van der Waals surface area (Å²) in [4.78, 5) is 49.1. The molecule has 0 radical (unpaired) electrons. The summed E-state index contributed by atoms with van der Waals surface area (Å²) in [6.07, 6.45) is 5.82. The number of hydrogen-bond acceptors (Lipinski definition) is 5. The maximum atomic E-state index is 15.0. The van der Waals surface area contributed by atoms with Gasteiger partial charge in [0.25, 0.3) is 5.91 Å². The van der Waals surface area contributed by atoms with Crippen molar-refractivity contribution >= 4 is 23.4 Å². The van der Waals surface area contributed by atoms with Crippen LogP contribution in [0.1, 0.15) is 64.5 Å². The van der Waals surface area contributed by atoms with Gasteiger partial charge in [-0.2, -0.15) is 0 Å². The maximum Gasteiger partial charge on any atom is 0.253 e. The second-order valence-corrected chi connectivity index (χ2v) is 12.6. The number of fused-ring (bicyclic) bond motifs is 1. The van der Waals surface area contributed by atoms with Crippen LogP contribution in [0.5, 0.6) is 0 Å². The van der Waals surface area contributed by atoms with Crippen LogP contribution in [-0.2, 0) is 19.1 Å². The van der Waals surface area contributed by atoms with E-state index < -0.39 is 35.1 Å². The van der Waals surface area contributed by atoms with Gasteiger partial charge >= 0.3 is 0 Å². The Kier molecular flexibility index (Phi) is 9.38. The summed E-state index contributed by atoms with van der Waals surface area (Å²) in [7, 11) is 0. The molecule has 8 heteroatoms. The predicted molar refractivity (Wildman–Crippen MR) is 165 cm³/mol. The lowest BCUT2D eigenvalue weighted by Crippen LogP contribution is -2.60. The van der Waals surface area contributed by atoms with Gasteiger partial charge in [-0.1, -0.05) is 58.0 Å². The third kappa shape index (κ3) is 4.80. The van der Waals surface area contributed by atoms with Crippen LogP contribution in [-0.4, -0.2) is 82.2 Å². The lowest BCUT2D eigenvalue weighted by Gasteiger charge is -2.41. The Balaban J connectivity index is 1.92. The molecule has 4 rings (SSSR count). The zero-order chi connectivity index (χ0) is 31.0. The first-order chi connectivity index (χ1) is 20.0. The summed E-state index contributed by atoms with van der Waals surface area (Å²) in [6.45, 7) is 20.5. The molecule has 3 aliphatic rings. The summed E-state index contributed by atoms with van der Waals surface area (Å²) in [6, 6.07) is 4.30. The molecule has 0 aromatic heterocycles. The minimum atomic E-state index is -1.17. The molecule has 1 aromatic rings. The van der Waals surface area contributed by atoms with E-state index >= 15 is 0 Å². The van der Waals surface area contributed by atoms with Crippen LogP contribution in [0.15, 0.2) is 43.5 Å². The van der Waals surface area contributed by atoms with E-state index in [4.69, 9.17) is 4.74 Å². The standard InChI is InChI=1S/C34H49N3O5/c1-9-18-35(19-10-2)30(39)26-27-31(40)37(25(21-38)22(5)6)29(34(27)17-16-33(26,12-4)42-34)32(41)36(20-11-3)28-23(7)14-13-15-24(28)8/h9,11,13-15,22,25-27,29,38H,1,3,10,12,16-21H2,2,4-8H3/t25-,26+,27-,29?,33-,34?/m0/s1. The van der Waals surface area contributed by atoms with E-state index in [-0.39, 0.29) is 36.8 Å². The van der Waals surface area contributed by atoms with Gasteiger partial charge in [0.2, 0.25) is 11.8 Å². The zero-order valence-electron chi connectivity index (χ0n) is 26.3. The number of ether oxygens (including phenoxy) is 1. The largest absolute Gasteiger partial charge is 0.394 e.